The SMILES string of the molecule is Clc1ncc(I)c(Cl)n1.Cn1c(Cl)ncc(I)c1=O.O=c1[nH]c(Cl)ncc1I.[2H]P. The molecule has 3 rings (SSSR count). The number of aromatic amines is 1. The van der Waals surface area contributed by atoms with Crippen LogP contribution in [0.2, 0.25) is 21.0 Å². The van der Waals surface area contributed by atoms with E-state index >= 15 is 0 Å². The molecule has 0 saturated carbocycles. The van der Waals surface area contributed by atoms with Crippen LogP contribution in [0.15, 0.2) is 28.2 Å². The average Bonchev–Trinajstić information content (AvgIpc) is 2.72. The molecule has 0 saturated heterocycles. The summed E-state index contributed by atoms with van der Waals surface area (Å²) in [6, 6.07) is 0. The van der Waals surface area contributed by atoms with Crippen molar-refractivity contribution in [2.75, 3.05) is 0 Å². The number of nitrogens with zero attached hydrogens (tertiary/aromatic N) is 5. The van der Waals surface area contributed by atoms with Crippen LogP contribution < -0.4 is 11.1 Å². The van der Waals surface area contributed by atoms with Crippen molar-refractivity contribution in [2.24, 2.45) is 7.05 Å². The summed E-state index contributed by atoms with van der Waals surface area (Å²) in [5.74, 6) is 0. The van der Waals surface area contributed by atoms with Gasteiger partial charge in [0.05, 0.1) is 12.0 Å². The van der Waals surface area contributed by atoms with Gasteiger partial charge in [-0.2, -0.15) is 9.84 Å². The van der Waals surface area contributed by atoms with Gasteiger partial charge in [0, 0.05) is 25.6 Å². The van der Waals surface area contributed by atoms with Crippen LogP contribution in [0.25, 0.3) is 0 Å². The third-order valence-electron chi connectivity index (χ3n) is 2.47. The topological polar surface area (TPSA) is 106 Å². The summed E-state index contributed by atoms with van der Waals surface area (Å²) < 4.78 is 8.88. The summed E-state index contributed by atoms with van der Waals surface area (Å²) in [5, 5.41) is 0.918. The van der Waals surface area contributed by atoms with E-state index < -0.39 is 0 Å². The predicted octanol–water partition coefficient (Wildman–Crippen LogP) is 4.51. The molecule has 0 fully saturated rings. The van der Waals surface area contributed by atoms with Crippen LogP contribution in [0.5, 0.6) is 0 Å². The molecule has 0 aromatic carbocycles. The molecule has 0 radical (unpaired) electrons. The van der Waals surface area contributed by atoms with E-state index in [1.807, 2.05) is 67.8 Å². The standard InChI is InChI=1S/C5H4ClIN2O.C4HCl2IN2.C4H2ClIN2O.H3P/c1-9-4(10)3(7)2-8-5(9)6;5-3-2(7)1-8-4(6)9-3;5-4-7-1-2(6)3(9)8-4;/h2H,1H3;1H;1H,(H,7,8,9);1H3/i;;;1D. The lowest BCUT2D eigenvalue weighted by molar-refractivity contribution is 0.817. The first-order valence-electron chi connectivity index (χ1n) is 7.21. The summed E-state index contributed by atoms with van der Waals surface area (Å²) in [6.07, 6.45) is 4.44. The molecule has 1 unspecified atom stereocenters. The molecule has 3 heterocycles. The molecule has 1 N–H and O–H groups in total. The van der Waals surface area contributed by atoms with Crippen molar-refractivity contribution in [3.05, 3.63) is 71.0 Å². The molecule has 16 heteroatoms. The molecule has 0 spiro atoms. The molecular formula is C13H10Cl4I3N6O2P. The third kappa shape index (κ3) is 10.7. The molecule has 3 aromatic heterocycles. The average molecular weight is 837 g/mol. The van der Waals surface area contributed by atoms with E-state index in [4.69, 9.17) is 47.7 Å². The zero-order valence-electron chi connectivity index (χ0n) is 15.0. The first kappa shape index (κ1) is 27.7. The van der Waals surface area contributed by atoms with Crippen molar-refractivity contribution < 1.29 is 0 Å². The Balaban J connectivity index is 0.000000404. The van der Waals surface area contributed by atoms with E-state index in [9.17, 15) is 9.59 Å². The van der Waals surface area contributed by atoms with Gasteiger partial charge in [-0.05, 0) is 103 Å². The number of H-pyrrole nitrogens is 1. The fraction of sp³-hybridized carbons (Fsp3) is 0.0769. The van der Waals surface area contributed by atoms with Crippen molar-refractivity contribution in [2.45, 2.75) is 0 Å². The lowest BCUT2D eigenvalue weighted by Gasteiger charge is -1.97. The molecule has 8 nitrogen and oxygen atoms in total. The zero-order valence-corrected chi connectivity index (χ0v) is 24.7. The lowest BCUT2D eigenvalue weighted by Crippen LogP contribution is -2.20. The van der Waals surface area contributed by atoms with Gasteiger partial charge in [0.2, 0.25) is 15.9 Å². The molecule has 0 amide bonds. The minimum absolute atomic E-state index is 0.111. The van der Waals surface area contributed by atoms with Gasteiger partial charge < -0.3 is 0 Å². The van der Waals surface area contributed by atoms with Crippen molar-refractivity contribution in [3.8, 4) is 0 Å². The van der Waals surface area contributed by atoms with Crippen LogP contribution in [0.3, 0.4) is 0 Å². The van der Waals surface area contributed by atoms with Gasteiger partial charge in [-0.25, -0.2) is 19.9 Å². The van der Waals surface area contributed by atoms with Gasteiger partial charge in [-0.1, -0.05) is 11.6 Å². The zero-order chi connectivity index (χ0) is 23.4. The Hall–Kier alpha value is 0.620. The summed E-state index contributed by atoms with van der Waals surface area (Å²) >= 11 is 27.7. The van der Waals surface area contributed by atoms with Crippen LogP contribution in [0.1, 0.15) is 0 Å². The second-order valence-corrected chi connectivity index (χ2v) is 9.25. The van der Waals surface area contributed by atoms with Crippen molar-refractivity contribution in [1.29, 1.82) is 1.28 Å². The predicted molar refractivity (Wildman–Crippen MR) is 146 cm³/mol. The largest absolute Gasteiger partial charge is 0.296 e. The molecule has 29 heavy (non-hydrogen) atoms. The van der Waals surface area contributed by atoms with Gasteiger partial charge in [0.25, 0.3) is 11.1 Å². The van der Waals surface area contributed by atoms with Gasteiger partial charge in [-0.3, -0.25) is 19.1 Å². The van der Waals surface area contributed by atoms with Crippen molar-refractivity contribution >= 4 is 124 Å². The fourth-order valence-corrected chi connectivity index (χ4v) is 2.78. The molecule has 158 valence electrons. The number of hydrogen-bond acceptors (Lipinski definition) is 6. The van der Waals surface area contributed by atoms with E-state index in [0.717, 1.165) is 3.57 Å². The van der Waals surface area contributed by atoms with E-state index in [1.165, 1.54) is 17.0 Å². The van der Waals surface area contributed by atoms with Gasteiger partial charge >= 0.3 is 0 Å². The summed E-state index contributed by atoms with van der Waals surface area (Å²) in [4.78, 5) is 38.8. The highest BCUT2D eigenvalue weighted by atomic mass is 127. The number of hydrogen-bond donors (Lipinski definition) is 1. The summed E-state index contributed by atoms with van der Waals surface area (Å²) in [6.45, 7) is 0. The maximum Gasteiger partial charge on any atom is 0.267 e. The minimum atomic E-state index is -0.199. The lowest BCUT2D eigenvalue weighted by atomic mass is 10.6. The molecular weight excluding hydrogens is 826 g/mol. The quantitative estimate of drug-likeness (QED) is 0.155. The van der Waals surface area contributed by atoms with E-state index in [2.05, 4.69) is 24.9 Å². The van der Waals surface area contributed by atoms with Crippen LogP contribution in [-0.4, -0.2) is 30.8 Å². The Kier molecular flexibility index (Phi) is 14.0. The second-order valence-electron chi connectivity index (χ2n) is 4.37. The number of aromatic nitrogens is 6. The van der Waals surface area contributed by atoms with Gasteiger partial charge in [0.15, 0.2) is 0 Å². The van der Waals surface area contributed by atoms with E-state index in [0.29, 0.717) is 12.3 Å². The molecule has 0 bridgehead atoms. The number of nitrogens with one attached hydrogen (secondary N) is 1. The highest BCUT2D eigenvalue weighted by Crippen LogP contribution is 2.15. The summed E-state index contributed by atoms with van der Waals surface area (Å²) in [5.41, 5.74) is -0.309. The monoisotopic (exact) mass is 835 g/mol. The number of halogens is 7. The van der Waals surface area contributed by atoms with Gasteiger partial charge in [0.1, 0.15) is 5.15 Å². The molecule has 0 aliphatic carbocycles. The highest BCUT2D eigenvalue weighted by molar-refractivity contribution is 14.1. The molecule has 0 aliphatic rings. The van der Waals surface area contributed by atoms with Crippen LogP contribution in [0.4, 0.5) is 0 Å². The fourth-order valence-electron chi connectivity index (χ4n) is 1.18. The maximum absolute atomic E-state index is 11.0. The Bertz CT molecular complexity index is 1090. The van der Waals surface area contributed by atoms with Crippen molar-refractivity contribution in [1.82, 2.24) is 29.5 Å². The normalized spacial score (nSPS) is 9.62. The minimum Gasteiger partial charge on any atom is -0.296 e. The number of rotatable bonds is 0. The second kappa shape index (κ2) is 14.6. The molecule has 3 aromatic rings. The molecule has 0 aliphatic heterocycles. The highest BCUT2D eigenvalue weighted by Gasteiger charge is 2.00. The van der Waals surface area contributed by atoms with Crippen LogP contribution >= 0.6 is 124 Å². The van der Waals surface area contributed by atoms with E-state index in [-0.39, 0.29) is 27.0 Å². The van der Waals surface area contributed by atoms with E-state index in [1.54, 1.807) is 23.1 Å². The van der Waals surface area contributed by atoms with Crippen molar-refractivity contribution in [3.63, 3.8) is 0 Å². The van der Waals surface area contributed by atoms with Crippen LogP contribution in [0, 0.1) is 10.7 Å². The first-order chi connectivity index (χ1) is 14.0. The Morgan fingerprint density at radius 2 is 1.52 bits per heavy atom. The van der Waals surface area contributed by atoms with Gasteiger partial charge in [-0.15, -0.1) is 0 Å². The smallest absolute Gasteiger partial charge is 0.267 e. The summed E-state index contributed by atoms with van der Waals surface area (Å²) in [7, 11) is 3.25. The molecule has 1 atom stereocenters. The first-order valence-corrected chi connectivity index (χ1v) is 11.4. The van der Waals surface area contributed by atoms with Crippen LogP contribution in [-0.2, 0) is 7.05 Å². The third-order valence-corrected chi connectivity index (χ3v) is 6.10. The Morgan fingerprint density at radius 1 is 0.966 bits per heavy atom. The Morgan fingerprint density at radius 3 is 1.97 bits per heavy atom. The Labute approximate surface area is 230 Å². The maximum atomic E-state index is 11.0.